The molecule has 1 atom stereocenters. The highest BCUT2D eigenvalue weighted by molar-refractivity contribution is 6.04. The van der Waals surface area contributed by atoms with Gasteiger partial charge in [-0.3, -0.25) is 14.9 Å². The summed E-state index contributed by atoms with van der Waals surface area (Å²) in [6, 6.07) is 11.8. The van der Waals surface area contributed by atoms with E-state index in [2.05, 4.69) is 10.5 Å². The fraction of sp³-hybridized carbons (Fsp3) is 0.176. The third-order valence-electron chi connectivity index (χ3n) is 3.73. The van der Waals surface area contributed by atoms with Gasteiger partial charge in [0.05, 0.1) is 10.6 Å². The van der Waals surface area contributed by atoms with Gasteiger partial charge in [-0.2, -0.15) is 0 Å². The Morgan fingerprint density at radius 3 is 2.76 bits per heavy atom. The minimum Gasteiger partial charge on any atom is -0.382 e. The topological polar surface area (TPSA) is 93.8 Å². The van der Waals surface area contributed by atoms with Crippen LogP contribution >= 0.6 is 0 Å². The van der Waals surface area contributed by atoms with Crippen LogP contribution < -0.4 is 5.32 Å². The summed E-state index contributed by atoms with van der Waals surface area (Å²) < 4.78 is 13.2. The molecule has 0 aromatic heterocycles. The summed E-state index contributed by atoms with van der Waals surface area (Å²) >= 11 is 0. The van der Waals surface area contributed by atoms with E-state index in [-0.39, 0.29) is 30.4 Å². The molecule has 1 amide bonds. The molecule has 0 radical (unpaired) electrons. The molecule has 3 rings (SSSR count). The van der Waals surface area contributed by atoms with Crippen molar-refractivity contribution < 1.29 is 18.9 Å². The van der Waals surface area contributed by atoms with E-state index in [9.17, 15) is 19.3 Å². The Morgan fingerprint density at radius 2 is 2.08 bits per heavy atom. The van der Waals surface area contributed by atoms with Gasteiger partial charge >= 0.3 is 0 Å². The summed E-state index contributed by atoms with van der Waals surface area (Å²) in [5.41, 5.74) is 1.80. The number of nitrogens with one attached hydrogen (secondary N) is 1. The van der Waals surface area contributed by atoms with Gasteiger partial charge in [0, 0.05) is 30.7 Å². The number of carbonyl (C=O) groups excluding carboxylic acids is 1. The molecule has 128 valence electrons. The highest BCUT2D eigenvalue weighted by Gasteiger charge is 2.28. The van der Waals surface area contributed by atoms with Gasteiger partial charge in [0.15, 0.2) is 0 Å². The first kappa shape index (κ1) is 16.6. The van der Waals surface area contributed by atoms with E-state index in [0.717, 1.165) is 5.56 Å². The molecular weight excluding hydrogens is 329 g/mol. The molecule has 8 heteroatoms. The number of hydrogen-bond acceptors (Lipinski definition) is 5. The summed E-state index contributed by atoms with van der Waals surface area (Å²) in [4.78, 5) is 27.4. The highest BCUT2D eigenvalue weighted by Crippen LogP contribution is 2.18. The van der Waals surface area contributed by atoms with Gasteiger partial charge in [0.2, 0.25) is 6.10 Å². The van der Waals surface area contributed by atoms with Crippen LogP contribution in [0.2, 0.25) is 0 Å². The van der Waals surface area contributed by atoms with Crippen molar-refractivity contribution in [1.82, 2.24) is 5.32 Å². The fourth-order valence-electron chi connectivity index (χ4n) is 2.40. The van der Waals surface area contributed by atoms with Crippen LogP contribution in [0.5, 0.6) is 0 Å². The van der Waals surface area contributed by atoms with Crippen molar-refractivity contribution in [2.75, 3.05) is 0 Å². The van der Waals surface area contributed by atoms with Crippen LogP contribution in [-0.2, 0) is 16.2 Å². The van der Waals surface area contributed by atoms with Gasteiger partial charge in [0.1, 0.15) is 5.82 Å². The lowest BCUT2D eigenvalue weighted by atomic mass is 10.0. The van der Waals surface area contributed by atoms with Gasteiger partial charge < -0.3 is 10.2 Å². The van der Waals surface area contributed by atoms with Crippen LogP contribution in [-0.4, -0.2) is 22.6 Å². The van der Waals surface area contributed by atoms with Gasteiger partial charge in [-0.25, -0.2) is 4.39 Å². The molecule has 2 aromatic carbocycles. The third-order valence-corrected chi connectivity index (χ3v) is 3.73. The maximum absolute atomic E-state index is 13.2. The van der Waals surface area contributed by atoms with Crippen LogP contribution in [0.25, 0.3) is 0 Å². The van der Waals surface area contributed by atoms with Crippen LogP contribution in [0.1, 0.15) is 17.5 Å². The van der Waals surface area contributed by atoms with Crippen LogP contribution in [0.15, 0.2) is 53.7 Å². The Bertz CT molecular complexity index is 836. The molecule has 1 heterocycles. The van der Waals surface area contributed by atoms with Gasteiger partial charge in [0.25, 0.3) is 11.6 Å². The quantitative estimate of drug-likeness (QED) is 0.667. The Balaban J connectivity index is 1.54. The smallest absolute Gasteiger partial charge is 0.269 e. The van der Waals surface area contributed by atoms with E-state index in [1.807, 2.05) is 0 Å². The largest absolute Gasteiger partial charge is 0.382 e. The number of amides is 1. The van der Waals surface area contributed by atoms with Crippen molar-refractivity contribution in [3.8, 4) is 0 Å². The molecule has 0 fully saturated rings. The first-order valence-electron chi connectivity index (χ1n) is 7.52. The van der Waals surface area contributed by atoms with E-state index >= 15 is 0 Å². The molecule has 0 unspecified atom stereocenters. The van der Waals surface area contributed by atoms with Crippen LogP contribution in [0.3, 0.4) is 0 Å². The Kier molecular flexibility index (Phi) is 4.69. The maximum Gasteiger partial charge on any atom is 0.269 e. The van der Waals surface area contributed by atoms with E-state index in [4.69, 9.17) is 4.84 Å². The fourth-order valence-corrected chi connectivity index (χ4v) is 2.40. The number of rotatable bonds is 5. The summed E-state index contributed by atoms with van der Waals surface area (Å²) in [6.45, 7) is 0.214. The van der Waals surface area contributed by atoms with Crippen LogP contribution in [0.4, 0.5) is 10.1 Å². The zero-order valence-corrected chi connectivity index (χ0v) is 13.0. The summed E-state index contributed by atoms with van der Waals surface area (Å²) in [7, 11) is 0. The minimum atomic E-state index is -0.781. The van der Waals surface area contributed by atoms with Crippen molar-refractivity contribution in [3.63, 3.8) is 0 Å². The predicted molar refractivity (Wildman–Crippen MR) is 87.4 cm³/mol. The number of non-ortho nitro benzene ring substituents is 1. The molecule has 0 spiro atoms. The summed E-state index contributed by atoms with van der Waals surface area (Å²) in [5, 5.41) is 17.1. The molecule has 0 aliphatic carbocycles. The molecule has 2 aromatic rings. The number of nitro groups is 1. The molecule has 25 heavy (non-hydrogen) atoms. The number of halogens is 1. The molecule has 1 N–H and O–H groups in total. The number of oxime groups is 1. The third kappa shape index (κ3) is 3.97. The van der Waals surface area contributed by atoms with Crippen LogP contribution in [0, 0.1) is 15.9 Å². The molecule has 0 saturated carbocycles. The molecule has 7 nitrogen and oxygen atoms in total. The number of hydrogen-bond donors (Lipinski definition) is 1. The average Bonchev–Trinajstić information content (AvgIpc) is 3.10. The Morgan fingerprint density at radius 1 is 1.32 bits per heavy atom. The summed E-state index contributed by atoms with van der Waals surface area (Å²) in [6.07, 6.45) is -0.536. The number of nitrogens with zero attached hydrogens (tertiary/aromatic N) is 2. The van der Waals surface area contributed by atoms with Crippen molar-refractivity contribution in [1.29, 1.82) is 0 Å². The molecular formula is C17H14FN3O4. The lowest BCUT2D eigenvalue weighted by Crippen LogP contribution is -2.34. The maximum atomic E-state index is 13.2. The molecule has 1 aliphatic rings. The lowest BCUT2D eigenvalue weighted by molar-refractivity contribution is -0.384. The average molecular weight is 343 g/mol. The van der Waals surface area contributed by atoms with E-state index in [0.29, 0.717) is 11.3 Å². The van der Waals surface area contributed by atoms with E-state index < -0.39 is 11.0 Å². The molecule has 1 aliphatic heterocycles. The zero-order chi connectivity index (χ0) is 17.8. The SMILES string of the molecule is O=C(NCc1ccc([N+](=O)[O-])cc1)[C@@H]1CC(c2cccc(F)c2)=NO1. The first-order chi connectivity index (χ1) is 12.0. The van der Waals surface area contributed by atoms with Crippen molar-refractivity contribution >= 4 is 17.3 Å². The van der Waals surface area contributed by atoms with E-state index in [1.165, 1.54) is 24.3 Å². The highest BCUT2D eigenvalue weighted by atomic mass is 19.1. The van der Waals surface area contributed by atoms with Gasteiger partial charge in [-0.1, -0.05) is 29.4 Å². The first-order valence-corrected chi connectivity index (χ1v) is 7.52. The van der Waals surface area contributed by atoms with Gasteiger partial charge in [-0.15, -0.1) is 0 Å². The number of benzene rings is 2. The van der Waals surface area contributed by atoms with E-state index in [1.54, 1.807) is 24.3 Å². The van der Waals surface area contributed by atoms with Crippen molar-refractivity contribution in [2.24, 2.45) is 5.16 Å². The second kappa shape index (κ2) is 7.08. The number of carbonyl (C=O) groups is 1. The Labute approximate surface area is 142 Å². The van der Waals surface area contributed by atoms with Crippen molar-refractivity contribution in [2.45, 2.75) is 19.1 Å². The van der Waals surface area contributed by atoms with Gasteiger partial charge in [-0.05, 0) is 17.7 Å². The summed E-state index contributed by atoms with van der Waals surface area (Å²) in [5.74, 6) is -0.736. The Hall–Kier alpha value is -3.29. The number of nitro benzene ring substituents is 1. The normalized spacial score (nSPS) is 16.0. The monoisotopic (exact) mass is 343 g/mol. The molecule has 0 bridgehead atoms. The second-order valence-electron chi connectivity index (χ2n) is 5.49. The lowest BCUT2D eigenvalue weighted by Gasteiger charge is -2.09. The molecule has 0 saturated heterocycles. The zero-order valence-electron chi connectivity index (χ0n) is 13.0. The minimum absolute atomic E-state index is 0.0117. The van der Waals surface area contributed by atoms with Crippen molar-refractivity contribution in [3.05, 3.63) is 75.6 Å². The predicted octanol–water partition coefficient (Wildman–Crippen LogP) is 2.54. The standard InChI is InChI=1S/C17H14FN3O4/c18-13-3-1-2-12(8-13)15-9-16(25-20-15)17(22)19-10-11-4-6-14(7-5-11)21(23)24/h1-8,16H,9-10H2,(H,19,22)/t16-/m0/s1. The second-order valence-corrected chi connectivity index (χ2v) is 5.49.